The average molecular weight is 399 g/mol. The maximum atomic E-state index is 13.6. The second-order valence-corrected chi connectivity index (χ2v) is 7.32. The number of halogens is 3. The van der Waals surface area contributed by atoms with Gasteiger partial charge in [0.1, 0.15) is 0 Å². The van der Waals surface area contributed by atoms with Gasteiger partial charge in [0, 0.05) is 25.2 Å². The van der Waals surface area contributed by atoms with E-state index < -0.39 is 24.2 Å². The molecule has 3 rings (SSSR count). The zero-order valence-corrected chi connectivity index (χ0v) is 15.8. The first kappa shape index (κ1) is 20.4. The van der Waals surface area contributed by atoms with Crippen LogP contribution in [0.25, 0.3) is 0 Å². The fraction of sp³-hybridized carbons (Fsp3) is 0.579. The van der Waals surface area contributed by atoms with Crippen molar-refractivity contribution in [2.75, 3.05) is 27.2 Å². The SMILES string of the molecule is COC(=O)c1ccc(C(NC(=O)N2CCC3CCC(C2)N3C)C(F)(F)F)cc1. The van der Waals surface area contributed by atoms with Crippen molar-refractivity contribution < 1.29 is 27.5 Å². The van der Waals surface area contributed by atoms with Crippen LogP contribution in [0, 0.1) is 0 Å². The summed E-state index contributed by atoms with van der Waals surface area (Å²) in [6.07, 6.45) is -1.90. The van der Waals surface area contributed by atoms with Gasteiger partial charge in [-0.1, -0.05) is 12.1 Å². The number of carbonyl (C=O) groups is 2. The molecule has 28 heavy (non-hydrogen) atoms. The summed E-state index contributed by atoms with van der Waals surface area (Å²) >= 11 is 0. The molecular weight excluding hydrogens is 375 g/mol. The molecule has 2 aliphatic rings. The molecule has 2 aliphatic heterocycles. The van der Waals surface area contributed by atoms with Gasteiger partial charge in [-0.2, -0.15) is 13.2 Å². The first-order valence-corrected chi connectivity index (χ1v) is 9.23. The Labute approximate surface area is 161 Å². The molecule has 2 bridgehead atoms. The van der Waals surface area contributed by atoms with Crippen LogP contribution < -0.4 is 5.32 Å². The number of rotatable bonds is 3. The molecule has 3 unspecified atom stereocenters. The molecule has 9 heteroatoms. The first-order chi connectivity index (χ1) is 13.2. The van der Waals surface area contributed by atoms with E-state index in [-0.39, 0.29) is 17.2 Å². The molecule has 154 valence electrons. The number of esters is 1. The lowest BCUT2D eigenvalue weighted by atomic mass is 10.0. The highest BCUT2D eigenvalue weighted by atomic mass is 19.4. The Balaban J connectivity index is 1.74. The van der Waals surface area contributed by atoms with Crippen LogP contribution in [0.15, 0.2) is 24.3 Å². The van der Waals surface area contributed by atoms with Crippen LogP contribution in [0.2, 0.25) is 0 Å². The third-order valence-electron chi connectivity index (χ3n) is 5.70. The van der Waals surface area contributed by atoms with Crippen LogP contribution in [0.5, 0.6) is 0 Å². The number of likely N-dealkylation sites (tertiary alicyclic amines) is 1. The van der Waals surface area contributed by atoms with E-state index in [2.05, 4.69) is 15.0 Å². The second-order valence-electron chi connectivity index (χ2n) is 7.32. The smallest absolute Gasteiger partial charge is 0.412 e. The average Bonchev–Trinajstić information content (AvgIpc) is 2.90. The summed E-state index contributed by atoms with van der Waals surface area (Å²) in [5.74, 6) is -0.636. The van der Waals surface area contributed by atoms with E-state index in [0.29, 0.717) is 19.1 Å². The summed E-state index contributed by atoms with van der Waals surface area (Å²) in [7, 11) is 3.20. The highest BCUT2D eigenvalue weighted by Crippen LogP contribution is 2.34. The Bertz CT molecular complexity index is 723. The Kier molecular flexibility index (Phi) is 5.83. The molecule has 0 spiro atoms. The van der Waals surface area contributed by atoms with Gasteiger partial charge in [-0.15, -0.1) is 0 Å². The lowest BCUT2D eigenvalue weighted by Gasteiger charge is -2.29. The molecule has 6 nitrogen and oxygen atoms in total. The molecule has 0 saturated carbocycles. The maximum absolute atomic E-state index is 13.6. The molecule has 1 N–H and O–H groups in total. The van der Waals surface area contributed by atoms with Crippen LogP contribution in [-0.4, -0.2) is 67.3 Å². The summed E-state index contributed by atoms with van der Waals surface area (Å²) in [5, 5.41) is 2.14. The molecule has 0 aliphatic carbocycles. The molecule has 1 aromatic rings. The van der Waals surface area contributed by atoms with Crippen LogP contribution >= 0.6 is 0 Å². The van der Waals surface area contributed by atoms with Gasteiger partial charge < -0.3 is 15.0 Å². The van der Waals surface area contributed by atoms with Gasteiger partial charge in [-0.25, -0.2) is 9.59 Å². The number of likely N-dealkylation sites (N-methyl/N-ethyl adjacent to an activating group) is 1. The van der Waals surface area contributed by atoms with E-state index >= 15 is 0 Å². The van der Waals surface area contributed by atoms with Crippen LogP contribution in [0.3, 0.4) is 0 Å². The number of alkyl halides is 3. The largest absolute Gasteiger partial charge is 0.465 e. The van der Waals surface area contributed by atoms with Crippen molar-refractivity contribution in [1.29, 1.82) is 0 Å². The molecule has 3 atom stereocenters. The van der Waals surface area contributed by atoms with Crippen molar-refractivity contribution in [1.82, 2.24) is 15.1 Å². The van der Waals surface area contributed by atoms with Crippen molar-refractivity contribution >= 4 is 12.0 Å². The molecule has 2 fully saturated rings. The van der Waals surface area contributed by atoms with E-state index in [1.165, 1.54) is 36.3 Å². The zero-order valence-electron chi connectivity index (χ0n) is 15.8. The third-order valence-corrected chi connectivity index (χ3v) is 5.70. The fourth-order valence-corrected chi connectivity index (χ4v) is 3.99. The number of benzene rings is 1. The zero-order chi connectivity index (χ0) is 20.5. The minimum Gasteiger partial charge on any atom is -0.465 e. The quantitative estimate of drug-likeness (QED) is 0.794. The number of hydrogen-bond acceptors (Lipinski definition) is 4. The van der Waals surface area contributed by atoms with Gasteiger partial charge in [0.25, 0.3) is 0 Å². The standard InChI is InChI=1S/C19H24F3N3O3/c1-24-14-7-8-15(24)11-25(10-9-14)18(27)23-16(19(20,21)22)12-3-5-13(6-4-12)17(26)28-2/h3-6,14-16H,7-11H2,1-2H3,(H,23,27). The van der Waals surface area contributed by atoms with E-state index in [1.807, 2.05) is 7.05 Å². The summed E-state index contributed by atoms with van der Waals surface area (Å²) < 4.78 is 45.4. The minimum absolute atomic E-state index is 0.137. The highest BCUT2D eigenvalue weighted by Gasteiger charge is 2.43. The number of fused-ring (bicyclic) bond motifs is 2. The summed E-state index contributed by atoms with van der Waals surface area (Å²) in [6.45, 7) is 0.855. The Hall–Kier alpha value is -2.29. The van der Waals surface area contributed by atoms with E-state index in [4.69, 9.17) is 0 Å². The lowest BCUT2D eigenvalue weighted by Crippen LogP contribution is -2.48. The number of urea groups is 1. The van der Waals surface area contributed by atoms with E-state index in [1.54, 1.807) is 0 Å². The maximum Gasteiger partial charge on any atom is 0.412 e. The van der Waals surface area contributed by atoms with Crippen LogP contribution in [0.4, 0.5) is 18.0 Å². The van der Waals surface area contributed by atoms with Crippen molar-refractivity contribution in [2.45, 2.75) is 43.6 Å². The summed E-state index contributed by atoms with van der Waals surface area (Å²) in [5.41, 5.74) is 0.00652. The van der Waals surface area contributed by atoms with Gasteiger partial charge in [0.05, 0.1) is 12.7 Å². The van der Waals surface area contributed by atoms with Crippen LogP contribution in [0.1, 0.15) is 41.2 Å². The second kappa shape index (κ2) is 7.98. The Morgan fingerprint density at radius 2 is 1.79 bits per heavy atom. The third kappa shape index (κ3) is 4.24. The fourth-order valence-electron chi connectivity index (χ4n) is 3.99. The highest BCUT2D eigenvalue weighted by molar-refractivity contribution is 5.89. The number of methoxy groups -OCH3 is 1. The number of nitrogens with zero attached hydrogens (tertiary/aromatic N) is 2. The minimum atomic E-state index is -4.66. The lowest BCUT2D eigenvalue weighted by molar-refractivity contribution is -0.155. The molecule has 0 radical (unpaired) electrons. The molecular formula is C19H24F3N3O3. The summed E-state index contributed by atoms with van der Waals surface area (Å²) in [6, 6.07) is 2.57. The molecule has 2 heterocycles. The Morgan fingerprint density at radius 3 is 2.39 bits per heavy atom. The molecule has 1 aromatic carbocycles. The van der Waals surface area contributed by atoms with Crippen LogP contribution in [-0.2, 0) is 4.74 Å². The van der Waals surface area contributed by atoms with Gasteiger partial charge in [-0.05, 0) is 44.0 Å². The monoisotopic (exact) mass is 399 g/mol. The normalized spacial score (nSPS) is 23.8. The first-order valence-electron chi connectivity index (χ1n) is 9.23. The topological polar surface area (TPSA) is 61.9 Å². The number of carbonyl (C=O) groups excluding carboxylic acids is 2. The van der Waals surface area contributed by atoms with Crippen molar-refractivity contribution in [3.63, 3.8) is 0 Å². The summed E-state index contributed by atoms with van der Waals surface area (Å²) in [4.78, 5) is 27.8. The predicted molar refractivity (Wildman–Crippen MR) is 95.9 cm³/mol. The van der Waals surface area contributed by atoms with Gasteiger partial charge in [0.2, 0.25) is 0 Å². The number of nitrogens with one attached hydrogen (secondary N) is 1. The Morgan fingerprint density at radius 1 is 1.14 bits per heavy atom. The number of ether oxygens (including phenoxy) is 1. The van der Waals surface area contributed by atoms with Gasteiger partial charge in [-0.3, -0.25) is 4.90 Å². The predicted octanol–water partition coefficient (Wildman–Crippen LogP) is 2.95. The molecule has 2 saturated heterocycles. The van der Waals surface area contributed by atoms with Crippen molar-refractivity contribution in [2.24, 2.45) is 0 Å². The van der Waals surface area contributed by atoms with Gasteiger partial charge >= 0.3 is 18.2 Å². The van der Waals surface area contributed by atoms with E-state index in [0.717, 1.165) is 19.3 Å². The van der Waals surface area contributed by atoms with Crippen molar-refractivity contribution in [3.05, 3.63) is 35.4 Å². The van der Waals surface area contributed by atoms with Crippen molar-refractivity contribution in [3.8, 4) is 0 Å². The number of hydrogen-bond donors (Lipinski definition) is 1. The van der Waals surface area contributed by atoms with Gasteiger partial charge in [0.15, 0.2) is 6.04 Å². The number of amides is 2. The molecule has 0 aromatic heterocycles. The van der Waals surface area contributed by atoms with E-state index in [9.17, 15) is 22.8 Å². The molecule has 2 amide bonds.